The van der Waals surface area contributed by atoms with Crippen LogP contribution in [0.1, 0.15) is 54.7 Å². The van der Waals surface area contributed by atoms with E-state index < -0.39 is 18.0 Å². The van der Waals surface area contributed by atoms with Crippen LogP contribution >= 0.6 is 0 Å². The second kappa shape index (κ2) is 7.91. The molecule has 0 radical (unpaired) electrons. The molecule has 2 nitrogen and oxygen atoms in total. The van der Waals surface area contributed by atoms with Crippen molar-refractivity contribution in [3.63, 3.8) is 0 Å². The van der Waals surface area contributed by atoms with Gasteiger partial charge in [0.25, 0.3) is 0 Å². The van der Waals surface area contributed by atoms with Crippen LogP contribution in [0.3, 0.4) is 0 Å². The summed E-state index contributed by atoms with van der Waals surface area (Å²) in [7, 11) is 1.41. The van der Waals surface area contributed by atoms with Crippen LogP contribution in [0.15, 0.2) is 42.5 Å². The molecule has 2 aromatic carbocycles. The molecular weight excluding hydrogens is 329 g/mol. The molecule has 0 spiro atoms. The zero-order valence-electron chi connectivity index (χ0n) is 14.9. The van der Waals surface area contributed by atoms with Gasteiger partial charge in [-0.2, -0.15) is 13.2 Å². The molecule has 0 aromatic heterocycles. The number of alkyl halides is 3. The van der Waals surface area contributed by atoms with Gasteiger partial charge in [-0.3, -0.25) is 0 Å². The Kier molecular flexibility index (Phi) is 6.11. The van der Waals surface area contributed by atoms with E-state index in [1.54, 1.807) is 13.0 Å². The van der Waals surface area contributed by atoms with E-state index in [1.807, 2.05) is 24.3 Å². The van der Waals surface area contributed by atoms with Crippen LogP contribution < -0.4 is 4.74 Å². The van der Waals surface area contributed by atoms with Crippen LogP contribution in [0.25, 0.3) is 0 Å². The Balaban J connectivity index is 2.24. The Morgan fingerprint density at radius 2 is 1.64 bits per heavy atom. The van der Waals surface area contributed by atoms with Gasteiger partial charge in [0.05, 0.1) is 5.56 Å². The lowest BCUT2D eigenvalue weighted by molar-refractivity contribution is -0.137. The van der Waals surface area contributed by atoms with Crippen molar-refractivity contribution < 1.29 is 22.6 Å². The quantitative estimate of drug-likeness (QED) is 0.572. The standard InChI is InChI=1S/C20H23F3O2/c1-5-14(3)15-6-8-18(9-7-15)25-19(24-4)16-10-13(2)11-17(12-16)20(21,22)23/h6-12,14,19H,5H2,1-4H3. The van der Waals surface area contributed by atoms with E-state index in [9.17, 15) is 13.2 Å². The first-order chi connectivity index (χ1) is 11.7. The summed E-state index contributed by atoms with van der Waals surface area (Å²) >= 11 is 0. The molecule has 2 aromatic rings. The molecule has 0 fully saturated rings. The molecule has 2 rings (SSSR count). The van der Waals surface area contributed by atoms with Crippen molar-refractivity contribution in [1.29, 1.82) is 0 Å². The fraction of sp³-hybridized carbons (Fsp3) is 0.400. The van der Waals surface area contributed by atoms with Crippen molar-refractivity contribution >= 4 is 0 Å². The zero-order valence-corrected chi connectivity index (χ0v) is 14.9. The van der Waals surface area contributed by atoms with Crippen molar-refractivity contribution in [3.05, 3.63) is 64.7 Å². The van der Waals surface area contributed by atoms with Gasteiger partial charge in [0.2, 0.25) is 6.29 Å². The Labute approximate surface area is 146 Å². The van der Waals surface area contributed by atoms with Gasteiger partial charge in [-0.05, 0) is 55.2 Å². The summed E-state index contributed by atoms with van der Waals surface area (Å²) in [6.07, 6.45) is -4.28. The molecule has 0 aliphatic rings. The summed E-state index contributed by atoms with van der Waals surface area (Å²) in [6, 6.07) is 11.4. The molecular formula is C20H23F3O2. The molecule has 25 heavy (non-hydrogen) atoms. The molecule has 0 aliphatic carbocycles. The highest BCUT2D eigenvalue weighted by atomic mass is 19.4. The van der Waals surface area contributed by atoms with Crippen molar-refractivity contribution in [3.8, 4) is 5.75 Å². The lowest BCUT2D eigenvalue weighted by Gasteiger charge is -2.20. The minimum absolute atomic E-state index is 0.334. The molecule has 136 valence electrons. The van der Waals surface area contributed by atoms with Gasteiger partial charge in [0, 0.05) is 12.7 Å². The van der Waals surface area contributed by atoms with Gasteiger partial charge >= 0.3 is 6.18 Å². The second-order valence-corrected chi connectivity index (χ2v) is 6.19. The molecule has 0 saturated carbocycles. The first-order valence-corrected chi connectivity index (χ1v) is 8.22. The number of ether oxygens (including phenoxy) is 2. The van der Waals surface area contributed by atoms with Crippen molar-refractivity contribution in [2.75, 3.05) is 7.11 Å². The smallest absolute Gasteiger partial charge is 0.416 e. The summed E-state index contributed by atoms with van der Waals surface area (Å²) in [5, 5.41) is 0. The van der Waals surface area contributed by atoms with E-state index >= 15 is 0 Å². The minimum atomic E-state index is -4.41. The maximum atomic E-state index is 13.0. The molecule has 2 atom stereocenters. The van der Waals surface area contributed by atoms with Gasteiger partial charge < -0.3 is 9.47 Å². The van der Waals surface area contributed by atoms with Crippen LogP contribution in [0, 0.1) is 6.92 Å². The molecule has 0 amide bonds. The lowest BCUT2D eigenvalue weighted by Crippen LogP contribution is -2.13. The zero-order chi connectivity index (χ0) is 18.6. The molecule has 0 aliphatic heterocycles. The fourth-order valence-corrected chi connectivity index (χ4v) is 2.60. The van der Waals surface area contributed by atoms with E-state index in [2.05, 4.69) is 13.8 Å². The maximum absolute atomic E-state index is 13.0. The topological polar surface area (TPSA) is 18.5 Å². The predicted molar refractivity (Wildman–Crippen MR) is 91.7 cm³/mol. The Hall–Kier alpha value is -2.01. The first-order valence-electron chi connectivity index (χ1n) is 8.22. The third-order valence-electron chi connectivity index (χ3n) is 4.22. The second-order valence-electron chi connectivity index (χ2n) is 6.19. The van der Waals surface area contributed by atoms with E-state index in [-0.39, 0.29) is 0 Å². The highest BCUT2D eigenvalue weighted by molar-refractivity contribution is 5.34. The van der Waals surface area contributed by atoms with E-state index in [0.717, 1.165) is 18.6 Å². The van der Waals surface area contributed by atoms with Crippen LogP contribution in [-0.4, -0.2) is 7.11 Å². The minimum Gasteiger partial charge on any atom is -0.461 e. The molecule has 0 heterocycles. The fourth-order valence-electron chi connectivity index (χ4n) is 2.60. The summed E-state index contributed by atoms with van der Waals surface area (Å²) in [4.78, 5) is 0. The summed E-state index contributed by atoms with van der Waals surface area (Å²) in [5.41, 5.74) is 1.32. The average molecular weight is 352 g/mol. The van der Waals surface area contributed by atoms with Gasteiger partial charge in [-0.15, -0.1) is 0 Å². The third-order valence-corrected chi connectivity index (χ3v) is 4.22. The Bertz CT molecular complexity index is 693. The monoisotopic (exact) mass is 352 g/mol. The van der Waals surface area contributed by atoms with Gasteiger partial charge in [-0.1, -0.05) is 31.5 Å². The van der Waals surface area contributed by atoms with E-state index in [0.29, 0.717) is 22.8 Å². The number of aryl methyl sites for hydroxylation is 1. The molecule has 5 heteroatoms. The van der Waals surface area contributed by atoms with Gasteiger partial charge in [-0.25, -0.2) is 0 Å². The van der Waals surface area contributed by atoms with Crippen molar-refractivity contribution in [2.45, 2.75) is 45.6 Å². The number of rotatable bonds is 6. The molecule has 0 N–H and O–H groups in total. The number of hydrogen-bond donors (Lipinski definition) is 0. The average Bonchev–Trinajstić information content (AvgIpc) is 2.58. The van der Waals surface area contributed by atoms with Gasteiger partial charge in [0.1, 0.15) is 5.75 Å². The van der Waals surface area contributed by atoms with E-state index in [4.69, 9.17) is 9.47 Å². The van der Waals surface area contributed by atoms with Crippen LogP contribution in [0.4, 0.5) is 13.2 Å². The van der Waals surface area contributed by atoms with Crippen molar-refractivity contribution in [1.82, 2.24) is 0 Å². The normalized spacial score (nSPS) is 14.2. The number of halogens is 3. The Morgan fingerprint density at radius 3 is 2.16 bits per heavy atom. The summed E-state index contributed by atoms with van der Waals surface area (Å²) in [5.74, 6) is 0.993. The Morgan fingerprint density at radius 1 is 1.00 bits per heavy atom. The van der Waals surface area contributed by atoms with Crippen LogP contribution in [0.2, 0.25) is 0 Å². The first kappa shape index (κ1) is 19.3. The maximum Gasteiger partial charge on any atom is 0.416 e. The third kappa shape index (κ3) is 4.98. The molecule has 2 unspecified atom stereocenters. The summed E-state index contributed by atoms with van der Waals surface area (Å²) < 4.78 is 50.1. The largest absolute Gasteiger partial charge is 0.461 e. The highest BCUT2D eigenvalue weighted by Gasteiger charge is 2.31. The molecule has 0 saturated heterocycles. The van der Waals surface area contributed by atoms with E-state index in [1.165, 1.54) is 12.7 Å². The number of hydrogen-bond acceptors (Lipinski definition) is 2. The van der Waals surface area contributed by atoms with Crippen molar-refractivity contribution in [2.24, 2.45) is 0 Å². The van der Waals surface area contributed by atoms with Crippen LogP contribution in [-0.2, 0) is 10.9 Å². The number of benzene rings is 2. The number of methoxy groups -OCH3 is 1. The molecule has 0 bridgehead atoms. The lowest BCUT2D eigenvalue weighted by atomic mass is 9.99. The van der Waals surface area contributed by atoms with Gasteiger partial charge in [0.15, 0.2) is 0 Å². The highest BCUT2D eigenvalue weighted by Crippen LogP contribution is 2.33. The SMILES string of the molecule is CCC(C)c1ccc(OC(OC)c2cc(C)cc(C(F)(F)F)c2)cc1. The summed E-state index contributed by atoms with van der Waals surface area (Å²) in [6.45, 7) is 5.87. The van der Waals surface area contributed by atoms with Crippen LogP contribution in [0.5, 0.6) is 5.75 Å². The predicted octanol–water partition coefficient (Wildman–Crippen LogP) is 6.25.